The van der Waals surface area contributed by atoms with Crippen LogP contribution in [0.5, 0.6) is 0 Å². The Bertz CT molecular complexity index is 281. The molecule has 0 saturated heterocycles. The van der Waals surface area contributed by atoms with Crippen LogP contribution in [0, 0.1) is 6.20 Å². The van der Waals surface area contributed by atoms with E-state index in [1.165, 1.54) is 12.7 Å². The predicted molar refractivity (Wildman–Crippen MR) is 31.8 cm³/mol. The molecule has 2 heterocycles. The van der Waals surface area contributed by atoms with Gasteiger partial charge in [0, 0.05) is 0 Å². The molecule has 0 fully saturated rings. The summed E-state index contributed by atoms with van der Waals surface area (Å²) in [6.45, 7) is 0. The summed E-state index contributed by atoms with van der Waals surface area (Å²) in [4.78, 5) is 11.3. The Labute approximate surface area is 56.2 Å². The summed E-state index contributed by atoms with van der Waals surface area (Å²) in [6.07, 6.45) is 5.31. The third-order valence-electron chi connectivity index (χ3n) is 1.01. The summed E-state index contributed by atoms with van der Waals surface area (Å²) in [5, 5.41) is 7.23. The van der Waals surface area contributed by atoms with Crippen molar-refractivity contribution in [3.63, 3.8) is 0 Å². The van der Waals surface area contributed by atoms with Crippen molar-refractivity contribution in [1.82, 2.24) is 25.1 Å². The summed E-state index contributed by atoms with van der Waals surface area (Å²) in [7, 11) is 0. The molecule has 2 rings (SSSR count). The van der Waals surface area contributed by atoms with Crippen molar-refractivity contribution in [2.75, 3.05) is 0 Å². The Morgan fingerprint density at radius 2 is 2.10 bits per heavy atom. The van der Waals surface area contributed by atoms with Crippen molar-refractivity contribution in [2.45, 2.75) is 0 Å². The molecule has 0 aromatic carbocycles. The largest absolute Gasteiger partial charge is 0.232 e. The molecular weight excluding hydrogens is 130 g/mol. The van der Waals surface area contributed by atoms with Crippen molar-refractivity contribution >= 4 is 11.2 Å². The van der Waals surface area contributed by atoms with Crippen LogP contribution in [0.1, 0.15) is 0 Å². The van der Waals surface area contributed by atoms with Crippen LogP contribution in [0.3, 0.4) is 0 Å². The first kappa shape index (κ1) is 5.16. The van der Waals surface area contributed by atoms with Gasteiger partial charge in [-0.25, -0.2) is 15.0 Å². The van der Waals surface area contributed by atoms with Crippen molar-refractivity contribution in [3.05, 3.63) is 18.9 Å². The van der Waals surface area contributed by atoms with E-state index >= 15 is 0 Å². The zero-order valence-electron chi connectivity index (χ0n) is 4.89. The lowest BCUT2D eigenvalue weighted by Crippen LogP contribution is -1.89. The molecular formula is C5H2N5. The maximum absolute atomic E-state index is 3.83. The fraction of sp³-hybridized carbons (Fsp3) is 0. The third-order valence-corrected chi connectivity index (χ3v) is 1.01. The highest BCUT2D eigenvalue weighted by atomic mass is 15.1. The van der Waals surface area contributed by atoms with Crippen LogP contribution < -0.4 is 0 Å². The van der Waals surface area contributed by atoms with Crippen molar-refractivity contribution < 1.29 is 0 Å². The van der Waals surface area contributed by atoms with Gasteiger partial charge in [-0.3, -0.25) is 0 Å². The molecule has 0 aliphatic carbocycles. The molecule has 0 N–H and O–H groups in total. The second-order valence-electron chi connectivity index (χ2n) is 1.62. The lowest BCUT2D eigenvalue weighted by molar-refractivity contribution is 0.994. The molecule has 0 aliphatic heterocycles. The van der Waals surface area contributed by atoms with Crippen LogP contribution in [0.2, 0.25) is 0 Å². The van der Waals surface area contributed by atoms with Gasteiger partial charge in [0.2, 0.25) is 0 Å². The highest BCUT2D eigenvalue weighted by Gasteiger charge is 1.93. The number of aromatic nitrogens is 5. The summed E-state index contributed by atoms with van der Waals surface area (Å²) in [5.41, 5.74) is 1.01. The van der Waals surface area contributed by atoms with Crippen molar-refractivity contribution in [2.24, 2.45) is 0 Å². The maximum Gasteiger partial charge on any atom is 0.185 e. The fourth-order valence-corrected chi connectivity index (χ4v) is 0.610. The minimum atomic E-state index is 0.491. The van der Waals surface area contributed by atoms with E-state index in [9.17, 15) is 0 Å². The van der Waals surface area contributed by atoms with Gasteiger partial charge in [0.15, 0.2) is 11.2 Å². The van der Waals surface area contributed by atoms with Gasteiger partial charge in [-0.2, -0.15) is 0 Å². The zero-order chi connectivity index (χ0) is 6.81. The van der Waals surface area contributed by atoms with Crippen LogP contribution in [0.25, 0.3) is 11.2 Å². The van der Waals surface area contributed by atoms with E-state index in [4.69, 9.17) is 0 Å². The summed E-state index contributed by atoms with van der Waals surface area (Å²) < 4.78 is 0. The number of nitrogens with zero attached hydrogens (tertiary/aromatic N) is 5. The van der Waals surface area contributed by atoms with Crippen LogP contribution in [0.15, 0.2) is 12.7 Å². The van der Waals surface area contributed by atoms with Crippen LogP contribution in [-0.2, 0) is 0 Å². The van der Waals surface area contributed by atoms with E-state index in [1.807, 2.05) is 0 Å². The first-order valence-electron chi connectivity index (χ1n) is 2.63. The van der Waals surface area contributed by atoms with E-state index in [1.54, 1.807) is 0 Å². The highest BCUT2D eigenvalue weighted by Crippen LogP contribution is 1.95. The zero-order valence-corrected chi connectivity index (χ0v) is 4.89. The van der Waals surface area contributed by atoms with E-state index in [2.05, 4.69) is 31.3 Å². The molecule has 10 heavy (non-hydrogen) atoms. The summed E-state index contributed by atoms with van der Waals surface area (Å²) in [6, 6.07) is 0. The summed E-state index contributed by atoms with van der Waals surface area (Å²) >= 11 is 0. The molecule has 0 atom stereocenters. The molecule has 1 radical (unpaired) electrons. The molecule has 2 aromatic heterocycles. The quantitative estimate of drug-likeness (QED) is 0.488. The monoisotopic (exact) mass is 132 g/mol. The van der Waals surface area contributed by atoms with Gasteiger partial charge < -0.3 is 0 Å². The first-order chi connectivity index (χ1) is 4.97. The minimum Gasteiger partial charge on any atom is -0.232 e. The van der Waals surface area contributed by atoms with Crippen molar-refractivity contribution in [3.8, 4) is 0 Å². The fourth-order valence-electron chi connectivity index (χ4n) is 0.610. The molecule has 0 spiro atoms. The third kappa shape index (κ3) is 0.680. The Morgan fingerprint density at radius 1 is 1.20 bits per heavy atom. The van der Waals surface area contributed by atoms with Gasteiger partial charge in [-0.1, -0.05) is 0 Å². The number of fused-ring (bicyclic) bond motifs is 1. The smallest absolute Gasteiger partial charge is 0.185 e. The summed E-state index contributed by atoms with van der Waals surface area (Å²) in [5.74, 6) is 0. The average molecular weight is 132 g/mol. The lowest BCUT2D eigenvalue weighted by Gasteiger charge is -1.87. The van der Waals surface area contributed by atoms with Gasteiger partial charge in [0.25, 0.3) is 0 Å². The van der Waals surface area contributed by atoms with E-state index in [0.717, 1.165) is 0 Å². The predicted octanol–water partition coefficient (Wildman–Crippen LogP) is -0.385. The Kier molecular flexibility index (Phi) is 1.00. The molecule has 2 aromatic rings. The van der Waals surface area contributed by atoms with Gasteiger partial charge >= 0.3 is 0 Å². The second kappa shape index (κ2) is 1.94. The molecule has 5 heteroatoms. The molecule has 0 bridgehead atoms. The van der Waals surface area contributed by atoms with Crippen LogP contribution >= 0.6 is 0 Å². The van der Waals surface area contributed by atoms with Gasteiger partial charge in [-0.15, -0.1) is 10.2 Å². The van der Waals surface area contributed by atoms with E-state index < -0.39 is 0 Å². The SMILES string of the molecule is [c]1ncnc2ncnnc12. The average Bonchev–Trinajstić information content (AvgIpc) is 2.05. The number of hydrogen-bond acceptors (Lipinski definition) is 5. The second-order valence-corrected chi connectivity index (χ2v) is 1.62. The Balaban J connectivity index is 2.89. The minimum absolute atomic E-state index is 0.491. The van der Waals surface area contributed by atoms with Gasteiger partial charge in [-0.05, 0) is 0 Å². The maximum atomic E-state index is 3.83. The van der Waals surface area contributed by atoms with E-state index in [-0.39, 0.29) is 0 Å². The molecule has 47 valence electrons. The molecule has 0 aliphatic rings. The number of rotatable bonds is 0. The van der Waals surface area contributed by atoms with Crippen LogP contribution in [-0.4, -0.2) is 25.1 Å². The Morgan fingerprint density at radius 3 is 3.00 bits per heavy atom. The lowest BCUT2D eigenvalue weighted by atomic mass is 10.6. The normalized spacial score (nSPS) is 10.0. The highest BCUT2D eigenvalue weighted by molar-refractivity contribution is 5.65. The molecule has 0 unspecified atom stereocenters. The van der Waals surface area contributed by atoms with Gasteiger partial charge in [0.1, 0.15) is 18.9 Å². The van der Waals surface area contributed by atoms with Crippen molar-refractivity contribution in [1.29, 1.82) is 0 Å². The standard InChI is InChI=1S/C5H2N5/c1-4-5(7-2-6-1)8-3-9-10-4/h2-3H. The molecule has 0 saturated carbocycles. The molecule has 0 amide bonds. The van der Waals surface area contributed by atoms with E-state index in [0.29, 0.717) is 11.2 Å². The molecule has 5 nitrogen and oxygen atoms in total. The first-order valence-corrected chi connectivity index (χ1v) is 2.63. The number of hydrogen-bond donors (Lipinski definition) is 0. The van der Waals surface area contributed by atoms with Gasteiger partial charge in [0.05, 0.1) is 0 Å². The topological polar surface area (TPSA) is 64.5 Å². The Hall–Kier alpha value is -1.65. The van der Waals surface area contributed by atoms with Crippen LogP contribution in [0.4, 0.5) is 0 Å².